The molecule has 1 unspecified atom stereocenters. The van der Waals surface area contributed by atoms with Crippen molar-refractivity contribution in [3.8, 4) is 0 Å². The van der Waals surface area contributed by atoms with Crippen LogP contribution >= 0.6 is 0 Å². The van der Waals surface area contributed by atoms with Crippen molar-refractivity contribution in [1.29, 1.82) is 0 Å². The summed E-state index contributed by atoms with van der Waals surface area (Å²) in [6.07, 6.45) is 8.39. The SMILES string of the molecule is CC1=CCC([Si](C)(C)C2C(C)=Cc3ccccc32)=C1. The molecule has 0 spiro atoms. The van der Waals surface area contributed by atoms with Crippen molar-refractivity contribution < 1.29 is 0 Å². The molecule has 0 aliphatic heterocycles. The van der Waals surface area contributed by atoms with Gasteiger partial charge >= 0.3 is 0 Å². The van der Waals surface area contributed by atoms with Gasteiger partial charge in [0.05, 0.1) is 8.07 Å². The van der Waals surface area contributed by atoms with E-state index in [-0.39, 0.29) is 0 Å². The number of fused-ring (bicyclic) bond motifs is 1. The highest BCUT2D eigenvalue weighted by atomic mass is 28.3. The molecule has 0 bridgehead atoms. The predicted molar refractivity (Wildman–Crippen MR) is 86.8 cm³/mol. The Kier molecular flexibility index (Phi) is 2.90. The van der Waals surface area contributed by atoms with E-state index >= 15 is 0 Å². The minimum absolute atomic E-state index is 0.661. The van der Waals surface area contributed by atoms with Crippen LogP contribution in [0.5, 0.6) is 0 Å². The smallest absolute Gasteiger partial charge is 0.0779 e. The van der Waals surface area contributed by atoms with Crippen LogP contribution in [0.25, 0.3) is 6.08 Å². The molecule has 0 nitrogen and oxygen atoms in total. The lowest BCUT2D eigenvalue weighted by molar-refractivity contribution is 1.06. The average molecular weight is 266 g/mol. The van der Waals surface area contributed by atoms with E-state index in [1.165, 1.54) is 17.6 Å². The first-order valence-corrected chi connectivity index (χ1v) is 10.2. The highest BCUT2D eigenvalue weighted by Gasteiger charge is 2.40. The van der Waals surface area contributed by atoms with Gasteiger partial charge in [-0.15, -0.1) is 0 Å². The summed E-state index contributed by atoms with van der Waals surface area (Å²) in [6.45, 7) is 9.61. The van der Waals surface area contributed by atoms with E-state index in [1.54, 1.807) is 16.3 Å². The number of benzene rings is 1. The molecule has 1 atom stereocenters. The molecule has 0 radical (unpaired) electrons. The first-order valence-electron chi connectivity index (χ1n) is 7.15. The Bertz CT molecular complexity index is 614. The van der Waals surface area contributed by atoms with Crippen LogP contribution in [0.2, 0.25) is 13.1 Å². The van der Waals surface area contributed by atoms with Gasteiger partial charge in [-0.05, 0) is 31.4 Å². The van der Waals surface area contributed by atoms with Crippen LogP contribution in [0, 0.1) is 0 Å². The zero-order valence-electron chi connectivity index (χ0n) is 12.3. The molecule has 0 saturated heterocycles. The molecule has 0 fully saturated rings. The van der Waals surface area contributed by atoms with Crippen molar-refractivity contribution in [1.82, 2.24) is 0 Å². The third kappa shape index (κ3) is 1.97. The highest BCUT2D eigenvalue weighted by Crippen LogP contribution is 2.46. The van der Waals surface area contributed by atoms with Crippen LogP contribution in [-0.4, -0.2) is 8.07 Å². The molecule has 0 saturated carbocycles. The van der Waals surface area contributed by atoms with E-state index in [4.69, 9.17) is 0 Å². The van der Waals surface area contributed by atoms with Crippen molar-refractivity contribution in [2.45, 2.75) is 38.9 Å². The summed E-state index contributed by atoms with van der Waals surface area (Å²) in [6, 6.07) is 8.93. The first kappa shape index (κ1) is 12.7. The topological polar surface area (TPSA) is 0 Å². The Hall–Kier alpha value is -1.34. The third-order valence-electron chi connectivity index (χ3n) is 4.74. The van der Waals surface area contributed by atoms with Crippen LogP contribution in [-0.2, 0) is 0 Å². The second-order valence-corrected chi connectivity index (χ2v) is 11.2. The van der Waals surface area contributed by atoms with Crippen LogP contribution in [0.3, 0.4) is 0 Å². The molecule has 1 aromatic carbocycles. The van der Waals surface area contributed by atoms with Crippen molar-refractivity contribution in [2.75, 3.05) is 0 Å². The van der Waals surface area contributed by atoms with Crippen LogP contribution in [0.1, 0.15) is 36.9 Å². The van der Waals surface area contributed by atoms with E-state index in [9.17, 15) is 0 Å². The maximum absolute atomic E-state index is 2.54. The van der Waals surface area contributed by atoms with Gasteiger partial charge in [0.25, 0.3) is 0 Å². The summed E-state index contributed by atoms with van der Waals surface area (Å²) in [5.74, 6) is 0. The lowest BCUT2D eigenvalue weighted by Crippen LogP contribution is -2.37. The molecule has 2 aliphatic rings. The predicted octanol–water partition coefficient (Wildman–Crippen LogP) is 5.25. The number of rotatable bonds is 2. The van der Waals surface area contributed by atoms with E-state index in [2.05, 4.69) is 69.4 Å². The molecular weight excluding hydrogens is 244 g/mol. The van der Waals surface area contributed by atoms with Gasteiger partial charge in [-0.3, -0.25) is 0 Å². The lowest BCUT2D eigenvalue weighted by Gasteiger charge is -2.33. The number of hydrogen-bond acceptors (Lipinski definition) is 0. The van der Waals surface area contributed by atoms with E-state index in [0.717, 1.165) is 0 Å². The minimum atomic E-state index is -1.45. The second-order valence-electron chi connectivity index (χ2n) is 6.49. The van der Waals surface area contributed by atoms with Crippen LogP contribution < -0.4 is 0 Å². The molecule has 0 N–H and O–H groups in total. The monoisotopic (exact) mass is 266 g/mol. The Morgan fingerprint density at radius 2 is 1.79 bits per heavy atom. The molecule has 98 valence electrons. The Morgan fingerprint density at radius 3 is 2.47 bits per heavy atom. The summed E-state index contributed by atoms with van der Waals surface area (Å²) in [5.41, 5.74) is 6.66. The standard InChI is InChI=1S/C18H22Si/c1-13-9-10-16(11-13)19(3,4)18-14(2)12-15-7-5-6-8-17(15)18/h5-9,11-12,18H,10H2,1-4H3. The fourth-order valence-electron chi connectivity index (χ4n) is 3.74. The van der Waals surface area contributed by atoms with Gasteiger partial charge in [0.1, 0.15) is 0 Å². The fourth-order valence-corrected chi connectivity index (χ4v) is 7.60. The van der Waals surface area contributed by atoms with Gasteiger partial charge in [0.2, 0.25) is 0 Å². The maximum atomic E-state index is 2.54. The van der Waals surface area contributed by atoms with Crippen LogP contribution in [0.15, 0.2) is 52.8 Å². The van der Waals surface area contributed by atoms with Crippen molar-refractivity contribution in [3.05, 3.63) is 63.9 Å². The summed E-state index contributed by atoms with van der Waals surface area (Å²) >= 11 is 0. The molecule has 19 heavy (non-hydrogen) atoms. The van der Waals surface area contributed by atoms with Gasteiger partial charge in [0.15, 0.2) is 0 Å². The molecule has 0 aromatic heterocycles. The highest BCUT2D eigenvalue weighted by molar-refractivity contribution is 6.86. The number of hydrogen-bond donors (Lipinski definition) is 0. The maximum Gasteiger partial charge on any atom is 0.0876 e. The van der Waals surface area contributed by atoms with Gasteiger partial charge in [0, 0.05) is 5.54 Å². The van der Waals surface area contributed by atoms with Gasteiger partial charge in [-0.2, -0.15) is 0 Å². The molecular formula is C18H22Si. The molecule has 3 rings (SSSR count). The van der Waals surface area contributed by atoms with Gasteiger partial charge in [-0.1, -0.05) is 71.9 Å². The third-order valence-corrected chi connectivity index (χ3v) is 8.95. The normalized spacial score (nSPS) is 21.9. The summed E-state index contributed by atoms with van der Waals surface area (Å²) in [7, 11) is -1.45. The fraction of sp³-hybridized carbons (Fsp3) is 0.333. The second kappa shape index (κ2) is 4.34. The molecule has 1 heteroatoms. The summed E-state index contributed by atoms with van der Waals surface area (Å²) < 4.78 is 0. The van der Waals surface area contributed by atoms with Gasteiger partial charge < -0.3 is 0 Å². The lowest BCUT2D eigenvalue weighted by atomic mass is 10.1. The van der Waals surface area contributed by atoms with Crippen molar-refractivity contribution in [3.63, 3.8) is 0 Å². The molecule has 1 aromatic rings. The molecule has 0 amide bonds. The van der Waals surface area contributed by atoms with E-state index < -0.39 is 8.07 Å². The minimum Gasteiger partial charge on any atom is -0.0779 e. The van der Waals surface area contributed by atoms with Crippen LogP contribution in [0.4, 0.5) is 0 Å². The Morgan fingerprint density at radius 1 is 1.05 bits per heavy atom. The Labute approximate surface area is 117 Å². The molecule has 0 heterocycles. The molecule has 2 aliphatic carbocycles. The van der Waals surface area contributed by atoms with Crippen molar-refractivity contribution >= 4 is 14.1 Å². The zero-order chi connectivity index (χ0) is 13.6. The number of allylic oxidation sites excluding steroid dienone is 5. The van der Waals surface area contributed by atoms with E-state index in [1.807, 2.05) is 0 Å². The average Bonchev–Trinajstić information content (AvgIpc) is 2.92. The van der Waals surface area contributed by atoms with Gasteiger partial charge in [-0.25, -0.2) is 0 Å². The zero-order valence-corrected chi connectivity index (χ0v) is 13.3. The Balaban J connectivity index is 2.03. The summed E-state index contributed by atoms with van der Waals surface area (Å²) in [4.78, 5) is 0. The largest absolute Gasteiger partial charge is 0.0876 e. The van der Waals surface area contributed by atoms with E-state index in [0.29, 0.717) is 5.54 Å². The quantitative estimate of drug-likeness (QED) is 0.641. The van der Waals surface area contributed by atoms with Crippen molar-refractivity contribution in [2.24, 2.45) is 0 Å². The first-order chi connectivity index (χ1) is 9.00. The summed E-state index contributed by atoms with van der Waals surface area (Å²) in [5, 5.41) is 1.71.